The highest BCUT2D eigenvalue weighted by Crippen LogP contribution is 2.18. The summed E-state index contributed by atoms with van der Waals surface area (Å²) in [6, 6.07) is 4.01. The van der Waals surface area contributed by atoms with Crippen LogP contribution in [0.5, 0.6) is 5.75 Å². The summed E-state index contributed by atoms with van der Waals surface area (Å²) in [5.74, 6) is -0.945. The largest absolute Gasteiger partial charge is 0.450 e. The molecule has 0 heterocycles. The Labute approximate surface area is 79.0 Å². The third-order valence-electron chi connectivity index (χ3n) is 1.42. The molecular weight excluding hydrogens is 189 g/mol. The Bertz CT molecular complexity index is 411. The zero-order valence-corrected chi connectivity index (χ0v) is 7.28. The van der Waals surface area contributed by atoms with E-state index >= 15 is 0 Å². The van der Waals surface area contributed by atoms with Crippen molar-refractivity contribution < 1.29 is 18.7 Å². The molecule has 0 saturated carbocycles. The van der Waals surface area contributed by atoms with Crippen molar-refractivity contribution in [3.8, 4) is 5.75 Å². The quantitative estimate of drug-likeness (QED) is 0.508. The molecule has 0 aliphatic rings. The summed E-state index contributed by atoms with van der Waals surface area (Å²) in [4.78, 5) is 23.0. The third-order valence-corrected chi connectivity index (χ3v) is 1.42. The lowest BCUT2D eigenvalue weighted by Gasteiger charge is -2.01. The molecule has 0 unspecified atom stereocenters. The molecule has 0 aliphatic carbocycles. The third kappa shape index (κ3) is 2.50. The number of rotatable bonds is 1. The van der Waals surface area contributed by atoms with Gasteiger partial charge in [0.2, 0.25) is 6.08 Å². The molecule has 1 rings (SSSR count). The smallest absolute Gasteiger partial charge is 0.405 e. The van der Waals surface area contributed by atoms with Gasteiger partial charge in [-0.1, -0.05) is 11.1 Å². The first-order chi connectivity index (χ1) is 6.63. The molecule has 14 heavy (non-hydrogen) atoms. The fourth-order valence-electron chi connectivity index (χ4n) is 0.843. The molecule has 4 nitrogen and oxygen atoms in total. The summed E-state index contributed by atoms with van der Waals surface area (Å²) < 4.78 is 17.4. The van der Waals surface area contributed by atoms with Crippen molar-refractivity contribution in [3.63, 3.8) is 0 Å². The van der Waals surface area contributed by atoms with Crippen molar-refractivity contribution in [3.05, 3.63) is 29.6 Å². The minimum absolute atomic E-state index is 0.256. The highest BCUT2D eigenvalue weighted by atomic mass is 19.1. The first kappa shape index (κ1) is 10.1. The van der Waals surface area contributed by atoms with E-state index in [1.165, 1.54) is 12.1 Å². The lowest BCUT2D eigenvalue weighted by Crippen LogP contribution is -2.03. The molecule has 1 aromatic carbocycles. The minimum Gasteiger partial charge on any atom is -0.405 e. The Morgan fingerprint density at radius 1 is 1.57 bits per heavy atom. The van der Waals surface area contributed by atoms with E-state index in [1.54, 1.807) is 6.92 Å². The number of halogens is 1. The topological polar surface area (TPSA) is 55.7 Å². The molecule has 1 amide bonds. The monoisotopic (exact) mass is 195 g/mol. The zero-order valence-electron chi connectivity index (χ0n) is 7.28. The van der Waals surface area contributed by atoms with Crippen LogP contribution in [0.4, 0.5) is 9.18 Å². The summed E-state index contributed by atoms with van der Waals surface area (Å²) in [6.45, 7) is 1.71. The fraction of sp³-hybridized carbons (Fsp3) is 0.111. The van der Waals surface area contributed by atoms with Crippen molar-refractivity contribution in [1.29, 1.82) is 0 Å². The van der Waals surface area contributed by atoms with E-state index in [9.17, 15) is 14.0 Å². The van der Waals surface area contributed by atoms with Crippen LogP contribution < -0.4 is 4.74 Å². The van der Waals surface area contributed by atoms with Crippen molar-refractivity contribution >= 4 is 12.2 Å². The summed E-state index contributed by atoms with van der Waals surface area (Å²) in [6.07, 6.45) is -0.190. The molecule has 0 aliphatic heterocycles. The predicted octanol–water partition coefficient (Wildman–Crippen LogP) is 1.97. The molecule has 5 heteroatoms. The summed E-state index contributed by atoms with van der Waals surface area (Å²) >= 11 is 0. The minimum atomic E-state index is -1.19. The van der Waals surface area contributed by atoms with Gasteiger partial charge in [-0.15, -0.1) is 0 Å². The van der Waals surface area contributed by atoms with Crippen LogP contribution in [-0.4, -0.2) is 12.2 Å². The molecule has 0 saturated heterocycles. The van der Waals surface area contributed by atoms with Crippen molar-refractivity contribution in [2.75, 3.05) is 0 Å². The van der Waals surface area contributed by atoms with Gasteiger partial charge < -0.3 is 4.74 Å². The number of isocyanates is 1. The van der Waals surface area contributed by atoms with Gasteiger partial charge in [-0.25, -0.2) is 14.0 Å². The number of nitrogens with zero attached hydrogens (tertiary/aromatic N) is 1. The van der Waals surface area contributed by atoms with Crippen LogP contribution >= 0.6 is 0 Å². The van der Waals surface area contributed by atoms with Gasteiger partial charge in [-0.05, 0) is 24.6 Å². The Morgan fingerprint density at radius 3 is 2.93 bits per heavy atom. The molecule has 0 radical (unpaired) electrons. The number of ether oxygens (including phenoxy) is 1. The van der Waals surface area contributed by atoms with Crippen molar-refractivity contribution in [1.82, 2.24) is 0 Å². The average molecular weight is 195 g/mol. The van der Waals surface area contributed by atoms with Gasteiger partial charge in [0.1, 0.15) is 0 Å². The molecular formula is C9H6FNO3. The van der Waals surface area contributed by atoms with Crippen LogP contribution in [0.1, 0.15) is 5.56 Å². The number of aliphatic imine (C=N–C) groups is 1. The lowest BCUT2D eigenvalue weighted by molar-refractivity contribution is 0.209. The normalized spacial score (nSPS) is 9.00. The molecule has 1 aromatic rings. The zero-order chi connectivity index (χ0) is 10.6. The van der Waals surface area contributed by atoms with E-state index in [0.29, 0.717) is 0 Å². The Hall–Kier alpha value is -2.00. The van der Waals surface area contributed by atoms with E-state index < -0.39 is 11.9 Å². The highest BCUT2D eigenvalue weighted by Gasteiger charge is 2.07. The summed E-state index contributed by atoms with van der Waals surface area (Å²) in [7, 11) is 0. The number of hydrogen-bond acceptors (Lipinski definition) is 3. The van der Waals surface area contributed by atoms with E-state index in [2.05, 4.69) is 9.73 Å². The Kier molecular flexibility index (Phi) is 3.09. The number of amides is 1. The molecule has 72 valence electrons. The second-order valence-corrected chi connectivity index (χ2v) is 2.50. The molecule has 0 aromatic heterocycles. The number of aryl methyl sites for hydroxylation is 1. The van der Waals surface area contributed by atoms with Gasteiger partial charge in [0.05, 0.1) is 0 Å². The summed E-state index contributed by atoms with van der Waals surface area (Å²) in [5.41, 5.74) is 0.726. The number of carbonyl (C=O) groups is 1. The van der Waals surface area contributed by atoms with E-state index in [0.717, 1.165) is 17.7 Å². The van der Waals surface area contributed by atoms with Crippen LogP contribution in [0.3, 0.4) is 0 Å². The maximum Gasteiger partial charge on any atom is 0.450 e. The van der Waals surface area contributed by atoms with Crippen LogP contribution in [0.25, 0.3) is 0 Å². The van der Waals surface area contributed by atoms with Gasteiger partial charge >= 0.3 is 6.09 Å². The molecule has 0 atom stereocenters. The maximum absolute atomic E-state index is 13.0. The Morgan fingerprint density at radius 2 is 2.29 bits per heavy atom. The first-order valence-electron chi connectivity index (χ1n) is 3.69. The average Bonchev–Trinajstić information content (AvgIpc) is 2.12. The van der Waals surface area contributed by atoms with E-state index in [1.807, 2.05) is 0 Å². The van der Waals surface area contributed by atoms with Crippen LogP contribution in [0.2, 0.25) is 0 Å². The number of carbonyl (C=O) groups excluding carboxylic acids is 2. The van der Waals surface area contributed by atoms with Crippen LogP contribution in [0.15, 0.2) is 23.2 Å². The van der Waals surface area contributed by atoms with Gasteiger partial charge in [0.25, 0.3) is 0 Å². The molecule has 0 fully saturated rings. The van der Waals surface area contributed by atoms with Gasteiger partial charge in [-0.2, -0.15) is 0 Å². The molecule has 0 N–H and O–H groups in total. The first-order valence-corrected chi connectivity index (χ1v) is 3.69. The van der Waals surface area contributed by atoms with Crippen molar-refractivity contribution in [2.24, 2.45) is 4.99 Å². The lowest BCUT2D eigenvalue weighted by atomic mass is 10.2. The Balaban J connectivity index is 2.90. The van der Waals surface area contributed by atoms with Crippen molar-refractivity contribution in [2.45, 2.75) is 6.92 Å². The number of hydrogen-bond donors (Lipinski definition) is 0. The van der Waals surface area contributed by atoms with Gasteiger partial charge in [0, 0.05) is 0 Å². The standard InChI is InChI=1S/C9H6FNO3/c1-6-2-3-7(10)8(4-6)14-9(13)11-5-12/h2-4H,1H3. The van der Waals surface area contributed by atoms with E-state index in [4.69, 9.17) is 0 Å². The van der Waals surface area contributed by atoms with Gasteiger partial charge in [0.15, 0.2) is 11.6 Å². The SMILES string of the molecule is Cc1ccc(F)c(OC(=O)N=C=O)c1. The molecule has 0 spiro atoms. The van der Waals surface area contributed by atoms with E-state index in [-0.39, 0.29) is 5.75 Å². The second-order valence-electron chi connectivity index (χ2n) is 2.50. The maximum atomic E-state index is 13.0. The predicted molar refractivity (Wildman–Crippen MR) is 45.3 cm³/mol. The second kappa shape index (κ2) is 4.30. The van der Waals surface area contributed by atoms with Crippen LogP contribution in [0, 0.1) is 12.7 Å². The van der Waals surface area contributed by atoms with Gasteiger partial charge in [-0.3, -0.25) is 0 Å². The summed E-state index contributed by atoms with van der Waals surface area (Å²) in [5, 5.41) is 0. The number of benzene rings is 1. The van der Waals surface area contributed by atoms with Crippen LogP contribution in [-0.2, 0) is 4.79 Å². The molecule has 0 bridgehead atoms. The fourth-order valence-corrected chi connectivity index (χ4v) is 0.843. The highest BCUT2D eigenvalue weighted by molar-refractivity contribution is 5.76.